The number of allylic oxidation sites excluding steroid dienone is 2. The zero-order valence-corrected chi connectivity index (χ0v) is 29.7. The first-order chi connectivity index (χ1) is 21.5. The molecule has 2 atom stereocenters. The van der Waals surface area contributed by atoms with E-state index in [2.05, 4.69) is 115 Å². The first-order valence-electron chi connectivity index (χ1n) is 17.4. The van der Waals surface area contributed by atoms with E-state index in [-0.39, 0.29) is 0 Å². The monoisotopic (exact) mass is 604 g/mol. The standard InChI is InChI=1S/C44H48Si/c1-25-15-26(2)18-33(17-25)41-35-13-9-11-31(35)23-39-37(41)21-29(5)43(39)45(7,8)44-30(6)22-38-40(44)24-32-12-10-14-36(32)42(38)34-19-27(3)16-28(4)20-34/h15-24,43-44H,9-14H2,1-8H3. The molecule has 2 unspecified atom stereocenters. The molecule has 0 saturated heterocycles. The molecule has 0 aliphatic heterocycles. The highest BCUT2D eigenvalue weighted by molar-refractivity contribution is 6.81. The van der Waals surface area contributed by atoms with Crippen LogP contribution in [0.1, 0.15) is 105 Å². The average molecular weight is 605 g/mol. The predicted octanol–water partition coefficient (Wildman–Crippen LogP) is 11.7. The Kier molecular flexibility index (Phi) is 6.64. The van der Waals surface area contributed by atoms with Crippen molar-refractivity contribution in [2.45, 2.75) is 104 Å². The van der Waals surface area contributed by atoms with Gasteiger partial charge in [-0.05, 0) is 147 Å². The van der Waals surface area contributed by atoms with Gasteiger partial charge in [0.15, 0.2) is 0 Å². The SMILES string of the molecule is CC1=Cc2c(cc3c(c2-c2cc(C)cc(C)c2)CCC3)C1[Si](C)(C)C1C(C)=Cc2c1cc1c(c2-c2cc(C)cc(C)c2)CCC1. The molecular weight excluding hydrogens is 557 g/mol. The van der Waals surface area contributed by atoms with Crippen LogP contribution >= 0.6 is 0 Å². The van der Waals surface area contributed by atoms with Crippen molar-refractivity contribution in [2.75, 3.05) is 0 Å². The highest BCUT2D eigenvalue weighted by Gasteiger charge is 2.48. The molecule has 45 heavy (non-hydrogen) atoms. The third-order valence-electron chi connectivity index (χ3n) is 11.7. The van der Waals surface area contributed by atoms with Crippen molar-refractivity contribution in [1.29, 1.82) is 0 Å². The first-order valence-corrected chi connectivity index (χ1v) is 20.6. The normalized spacial score (nSPS) is 19.7. The Bertz CT molecular complexity index is 1810. The number of aryl methyl sites for hydroxylation is 6. The Hall–Kier alpha value is -3.42. The van der Waals surface area contributed by atoms with Crippen molar-refractivity contribution in [2.24, 2.45) is 0 Å². The zero-order chi connectivity index (χ0) is 31.4. The van der Waals surface area contributed by atoms with Gasteiger partial charge >= 0.3 is 0 Å². The fourth-order valence-corrected chi connectivity index (χ4v) is 15.4. The number of hydrogen-bond donors (Lipinski definition) is 0. The maximum atomic E-state index is 2.72. The molecule has 4 aliphatic rings. The summed E-state index contributed by atoms with van der Waals surface area (Å²) in [4.78, 5) is 0. The molecule has 0 spiro atoms. The summed E-state index contributed by atoms with van der Waals surface area (Å²) < 4.78 is 0. The Morgan fingerprint density at radius 1 is 0.489 bits per heavy atom. The summed E-state index contributed by atoms with van der Waals surface area (Å²) in [6.45, 7) is 19.4. The molecule has 0 saturated carbocycles. The topological polar surface area (TPSA) is 0 Å². The van der Waals surface area contributed by atoms with E-state index >= 15 is 0 Å². The summed E-state index contributed by atoms with van der Waals surface area (Å²) in [5.74, 6) is 0. The molecule has 0 amide bonds. The fraction of sp³-hybridized carbons (Fsp3) is 0.364. The van der Waals surface area contributed by atoms with Gasteiger partial charge in [-0.15, -0.1) is 0 Å². The Balaban J connectivity index is 1.30. The lowest BCUT2D eigenvalue weighted by atomic mass is 9.88. The van der Waals surface area contributed by atoms with Crippen LogP contribution in [0.15, 0.2) is 59.7 Å². The van der Waals surface area contributed by atoms with Crippen LogP contribution in [0.25, 0.3) is 34.4 Å². The molecule has 228 valence electrons. The molecule has 4 aromatic rings. The van der Waals surface area contributed by atoms with Crippen LogP contribution in [0.4, 0.5) is 0 Å². The maximum Gasteiger partial charge on any atom is 0.0722 e. The van der Waals surface area contributed by atoms with Gasteiger partial charge in [0, 0.05) is 11.1 Å². The second-order valence-corrected chi connectivity index (χ2v) is 20.5. The Morgan fingerprint density at radius 2 is 0.867 bits per heavy atom. The molecule has 8 rings (SSSR count). The lowest BCUT2D eigenvalue weighted by molar-refractivity contribution is 0.910. The fourth-order valence-electron chi connectivity index (χ4n) is 10.5. The van der Waals surface area contributed by atoms with Gasteiger partial charge in [0.1, 0.15) is 0 Å². The third kappa shape index (κ3) is 4.44. The van der Waals surface area contributed by atoms with Crippen LogP contribution in [-0.4, -0.2) is 8.07 Å². The minimum atomic E-state index is -1.96. The van der Waals surface area contributed by atoms with Crippen molar-refractivity contribution in [3.63, 3.8) is 0 Å². The van der Waals surface area contributed by atoms with Gasteiger partial charge in [0.05, 0.1) is 8.07 Å². The van der Waals surface area contributed by atoms with Gasteiger partial charge in [0.2, 0.25) is 0 Å². The van der Waals surface area contributed by atoms with E-state index in [1.54, 1.807) is 55.7 Å². The van der Waals surface area contributed by atoms with Gasteiger partial charge in [-0.1, -0.05) is 107 Å². The molecule has 0 aromatic heterocycles. The van der Waals surface area contributed by atoms with Crippen molar-refractivity contribution in [1.82, 2.24) is 0 Å². The summed E-state index contributed by atoms with van der Waals surface area (Å²) in [5.41, 5.74) is 28.5. The summed E-state index contributed by atoms with van der Waals surface area (Å²) >= 11 is 0. The first kappa shape index (κ1) is 29.0. The number of hydrogen-bond acceptors (Lipinski definition) is 0. The second-order valence-electron chi connectivity index (χ2n) is 15.7. The van der Waals surface area contributed by atoms with Crippen LogP contribution in [0.3, 0.4) is 0 Å². The lowest BCUT2D eigenvalue weighted by Gasteiger charge is -2.39. The summed E-state index contributed by atoms with van der Waals surface area (Å²) in [7, 11) is -1.96. The van der Waals surface area contributed by atoms with E-state index < -0.39 is 8.07 Å². The van der Waals surface area contributed by atoms with Gasteiger partial charge in [-0.3, -0.25) is 0 Å². The Labute approximate surface area is 272 Å². The molecule has 0 nitrogen and oxygen atoms in total. The third-order valence-corrected chi connectivity index (χ3v) is 16.2. The highest BCUT2D eigenvalue weighted by Crippen LogP contribution is 2.56. The van der Waals surface area contributed by atoms with E-state index in [0.717, 1.165) is 0 Å². The van der Waals surface area contributed by atoms with Crippen molar-refractivity contribution < 1.29 is 0 Å². The van der Waals surface area contributed by atoms with Gasteiger partial charge in [0.25, 0.3) is 0 Å². The Morgan fingerprint density at radius 3 is 1.24 bits per heavy atom. The van der Waals surface area contributed by atoms with Crippen molar-refractivity contribution in [3.8, 4) is 22.3 Å². The van der Waals surface area contributed by atoms with E-state index in [0.29, 0.717) is 11.1 Å². The minimum Gasteiger partial charge on any atom is -0.0679 e. The molecule has 0 heterocycles. The number of fused-ring (bicyclic) bond motifs is 4. The molecule has 0 bridgehead atoms. The van der Waals surface area contributed by atoms with E-state index in [1.807, 2.05) is 0 Å². The summed E-state index contributed by atoms with van der Waals surface area (Å²) in [6.07, 6.45) is 12.7. The smallest absolute Gasteiger partial charge is 0.0679 e. The number of rotatable bonds is 4. The largest absolute Gasteiger partial charge is 0.0722 e. The van der Waals surface area contributed by atoms with Crippen LogP contribution in [-0.2, 0) is 25.7 Å². The molecule has 4 aromatic carbocycles. The second kappa shape index (κ2) is 10.3. The maximum absolute atomic E-state index is 2.72. The van der Waals surface area contributed by atoms with Crippen LogP contribution in [0.5, 0.6) is 0 Å². The van der Waals surface area contributed by atoms with Gasteiger partial charge in [-0.25, -0.2) is 0 Å². The number of benzene rings is 4. The average Bonchev–Trinajstić information content (AvgIpc) is 3.73. The zero-order valence-electron chi connectivity index (χ0n) is 28.7. The van der Waals surface area contributed by atoms with Gasteiger partial charge in [-0.2, -0.15) is 0 Å². The lowest BCUT2D eigenvalue weighted by Crippen LogP contribution is -2.42. The van der Waals surface area contributed by atoms with Crippen LogP contribution in [0, 0.1) is 27.7 Å². The van der Waals surface area contributed by atoms with Crippen LogP contribution in [0.2, 0.25) is 13.1 Å². The van der Waals surface area contributed by atoms with E-state index in [4.69, 9.17) is 0 Å². The molecule has 0 N–H and O–H groups in total. The minimum absolute atomic E-state index is 0.528. The van der Waals surface area contributed by atoms with Gasteiger partial charge < -0.3 is 0 Å². The molecule has 4 aliphatic carbocycles. The van der Waals surface area contributed by atoms with Crippen LogP contribution < -0.4 is 0 Å². The molecule has 1 heteroatoms. The van der Waals surface area contributed by atoms with E-state index in [9.17, 15) is 0 Å². The molecular formula is C44H48Si. The predicted molar refractivity (Wildman–Crippen MR) is 197 cm³/mol. The molecule has 0 radical (unpaired) electrons. The van der Waals surface area contributed by atoms with Crippen molar-refractivity contribution >= 4 is 20.2 Å². The summed E-state index contributed by atoms with van der Waals surface area (Å²) in [6, 6.07) is 19.8. The summed E-state index contributed by atoms with van der Waals surface area (Å²) in [5, 5.41) is 0. The quantitative estimate of drug-likeness (QED) is 0.203. The van der Waals surface area contributed by atoms with E-state index in [1.165, 1.54) is 83.0 Å². The van der Waals surface area contributed by atoms with Crippen molar-refractivity contribution in [3.05, 3.63) is 126 Å². The molecule has 0 fully saturated rings. The highest BCUT2D eigenvalue weighted by atomic mass is 28.3.